The van der Waals surface area contributed by atoms with Crippen molar-refractivity contribution in [2.24, 2.45) is 0 Å². The summed E-state index contributed by atoms with van der Waals surface area (Å²) >= 11 is 0. The predicted octanol–water partition coefficient (Wildman–Crippen LogP) is 0.873. The fourth-order valence-corrected chi connectivity index (χ4v) is 1.86. The molecule has 104 valence electrons. The van der Waals surface area contributed by atoms with Gasteiger partial charge in [0.25, 0.3) is 0 Å². The first kappa shape index (κ1) is 14.0. The number of ketones is 1. The largest absolute Gasteiger partial charge is 0.485 e. The van der Waals surface area contributed by atoms with Crippen LogP contribution in [0.25, 0.3) is 0 Å². The molecule has 1 atom stereocenters. The maximum atomic E-state index is 11.5. The molecule has 1 unspecified atom stereocenters. The first-order valence-electron chi connectivity index (χ1n) is 6.28. The number of fused-ring (bicyclic) bond motifs is 1. The van der Waals surface area contributed by atoms with Crippen molar-refractivity contribution < 1.29 is 19.4 Å². The van der Waals surface area contributed by atoms with E-state index in [1.54, 1.807) is 18.2 Å². The van der Waals surface area contributed by atoms with Crippen molar-refractivity contribution in [1.82, 2.24) is 4.90 Å². The third kappa shape index (κ3) is 3.53. The number of ether oxygens (including phenoxy) is 2. The molecule has 1 N–H and O–H groups in total. The van der Waals surface area contributed by atoms with E-state index < -0.39 is 6.10 Å². The van der Waals surface area contributed by atoms with Gasteiger partial charge < -0.3 is 19.5 Å². The third-order valence-corrected chi connectivity index (χ3v) is 3.01. The topological polar surface area (TPSA) is 59.0 Å². The molecule has 1 aliphatic heterocycles. The SMILES string of the molecule is CN(C)CCOCC(O)c1ccc2c(c1)C(=O)CO2. The molecule has 0 saturated carbocycles. The van der Waals surface area contributed by atoms with Gasteiger partial charge in [0.1, 0.15) is 11.9 Å². The summed E-state index contributed by atoms with van der Waals surface area (Å²) in [5.41, 5.74) is 1.23. The van der Waals surface area contributed by atoms with E-state index in [-0.39, 0.29) is 19.0 Å². The number of likely N-dealkylation sites (N-methyl/N-ethyl adjacent to an activating group) is 1. The fourth-order valence-electron chi connectivity index (χ4n) is 1.86. The van der Waals surface area contributed by atoms with Crippen molar-refractivity contribution in [1.29, 1.82) is 0 Å². The molecule has 5 nitrogen and oxygen atoms in total. The van der Waals surface area contributed by atoms with Crippen LogP contribution < -0.4 is 4.74 Å². The predicted molar refractivity (Wildman–Crippen MR) is 70.6 cm³/mol. The zero-order chi connectivity index (χ0) is 13.8. The molecule has 0 aliphatic carbocycles. The van der Waals surface area contributed by atoms with Crippen molar-refractivity contribution in [2.75, 3.05) is 40.5 Å². The van der Waals surface area contributed by atoms with E-state index in [1.807, 2.05) is 19.0 Å². The van der Waals surface area contributed by atoms with Gasteiger partial charge in [0.05, 0.1) is 18.8 Å². The summed E-state index contributed by atoms with van der Waals surface area (Å²) in [6.45, 7) is 1.69. The summed E-state index contributed by atoms with van der Waals surface area (Å²) in [5, 5.41) is 10.0. The van der Waals surface area contributed by atoms with Crippen molar-refractivity contribution in [3.8, 4) is 5.75 Å². The van der Waals surface area contributed by atoms with Crippen molar-refractivity contribution in [2.45, 2.75) is 6.10 Å². The number of hydrogen-bond donors (Lipinski definition) is 1. The molecule has 1 aromatic carbocycles. The molecule has 2 rings (SSSR count). The molecule has 0 saturated heterocycles. The number of aliphatic hydroxyl groups excluding tert-OH is 1. The van der Waals surface area contributed by atoms with Gasteiger partial charge in [0.2, 0.25) is 5.78 Å². The number of Topliss-reactive ketones (excluding diaryl/α,β-unsaturated/α-hetero) is 1. The first-order valence-corrected chi connectivity index (χ1v) is 6.28. The van der Waals surface area contributed by atoms with Gasteiger partial charge in [0, 0.05) is 6.54 Å². The summed E-state index contributed by atoms with van der Waals surface area (Å²) in [6.07, 6.45) is -0.721. The third-order valence-electron chi connectivity index (χ3n) is 3.01. The monoisotopic (exact) mass is 265 g/mol. The number of hydrogen-bond acceptors (Lipinski definition) is 5. The summed E-state index contributed by atoms with van der Waals surface area (Å²) in [5.74, 6) is 0.548. The van der Waals surface area contributed by atoms with Gasteiger partial charge in [-0.2, -0.15) is 0 Å². The molecule has 1 aliphatic rings. The highest BCUT2D eigenvalue weighted by molar-refractivity contribution is 6.02. The zero-order valence-electron chi connectivity index (χ0n) is 11.3. The van der Waals surface area contributed by atoms with Crippen LogP contribution in [-0.4, -0.2) is 56.3 Å². The number of carbonyl (C=O) groups is 1. The maximum Gasteiger partial charge on any atom is 0.203 e. The van der Waals surface area contributed by atoms with Crippen LogP contribution in [0.5, 0.6) is 5.75 Å². The second-order valence-electron chi connectivity index (χ2n) is 4.86. The van der Waals surface area contributed by atoms with Crippen molar-refractivity contribution in [3.05, 3.63) is 29.3 Å². The summed E-state index contributed by atoms with van der Waals surface area (Å²) < 4.78 is 10.6. The molecule has 1 heterocycles. The highest BCUT2D eigenvalue weighted by Gasteiger charge is 2.22. The molecular formula is C14H19NO4. The van der Waals surface area contributed by atoms with Crippen LogP contribution in [0, 0.1) is 0 Å². The molecule has 0 spiro atoms. The minimum absolute atomic E-state index is 0.0439. The lowest BCUT2D eigenvalue weighted by Gasteiger charge is -2.14. The van der Waals surface area contributed by atoms with E-state index in [9.17, 15) is 9.90 Å². The van der Waals surface area contributed by atoms with E-state index in [2.05, 4.69) is 0 Å². The van der Waals surface area contributed by atoms with E-state index >= 15 is 0 Å². The molecule has 0 radical (unpaired) electrons. The summed E-state index contributed by atoms with van der Waals surface area (Å²) in [7, 11) is 3.93. The number of nitrogens with zero attached hydrogens (tertiary/aromatic N) is 1. The Kier molecular flexibility index (Phi) is 4.52. The second-order valence-corrected chi connectivity index (χ2v) is 4.86. The molecular weight excluding hydrogens is 246 g/mol. The molecule has 5 heteroatoms. The lowest BCUT2D eigenvalue weighted by Crippen LogP contribution is -2.19. The fraction of sp³-hybridized carbons (Fsp3) is 0.500. The quantitative estimate of drug-likeness (QED) is 0.774. The molecule has 19 heavy (non-hydrogen) atoms. The Bertz CT molecular complexity index is 459. The van der Waals surface area contributed by atoms with Gasteiger partial charge in [-0.25, -0.2) is 0 Å². The van der Waals surface area contributed by atoms with Crippen molar-refractivity contribution in [3.63, 3.8) is 0 Å². The highest BCUT2D eigenvalue weighted by atomic mass is 16.5. The standard InChI is InChI=1S/C14H19NO4/c1-15(2)5-6-18-8-12(16)10-3-4-14-11(7-10)13(17)9-19-14/h3-4,7,12,16H,5-6,8-9H2,1-2H3. The Hall–Kier alpha value is -1.43. The Morgan fingerprint density at radius 2 is 2.26 bits per heavy atom. The van der Waals surface area contributed by atoms with Crippen LogP contribution in [0.1, 0.15) is 22.0 Å². The van der Waals surface area contributed by atoms with E-state index in [1.165, 1.54) is 0 Å². The van der Waals surface area contributed by atoms with Gasteiger partial charge in [-0.1, -0.05) is 6.07 Å². The van der Waals surface area contributed by atoms with Crippen LogP contribution >= 0.6 is 0 Å². The van der Waals surface area contributed by atoms with Crippen LogP contribution in [0.15, 0.2) is 18.2 Å². The highest BCUT2D eigenvalue weighted by Crippen LogP contribution is 2.28. The average Bonchev–Trinajstić information content (AvgIpc) is 2.75. The molecule has 0 bridgehead atoms. The number of rotatable bonds is 6. The molecule has 0 aromatic heterocycles. The Morgan fingerprint density at radius 3 is 3.00 bits per heavy atom. The van der Waals surface area contributed by atoms with Gasteiger partial charge in [0.15, 0.2) is 6.61 Å². The normalized spacial score (nSPS) is 15.5. The smallest absolute Gasteiger partial charge is 0.203 e. The Morgan fingerprint density at radius 1 is 1.47 bits per heavy atom. The van der Waals surface area contributed by atoms with Gasteiger partial charge in [-0.3, -0.25) is 4.79 Å². The van der Waals surface area contributed by atoms with E-state index in [4.69, 9.17) is 9.47 Å². The number of benzene rings is 1. The summed E-state index contributed by atoms with van der Waals surface area (Å²) in [4.78, 5) is 13.5. The van der Waals surface area contributed by atoms with Gasteiger partial charge in [-0.15, -0.1) is 0 Å². The number of carbonyl (C=O) groups excluding carboxylic acids is 1. The van der Waals surface area contributed by atoms with Crippen LogP contribution in [0.2, 0.25) is 0 Å². The average molecular weight is 265 g/mol. The Balaban J connectivity index is 1.91. The molecule has 0 fully saturated rings. The molecule has 1 aromatic rings. The van der Waals surface area contributed by atoms with E-state index in [0.717, 1.165) is 6.54 Å². The first-order chi connectivity index (χ1) is 9.08. The van der Waals surface area contributed by atoms with Crippen LogP contribution in [0.4, 0.5) is 0 Å². The van der Waals surface area contributed by atoms with E-state index in [0.29, 0.717) is 23.5 Å². The van der Waals surface area contributed by atoms with Crippen LogP contribution in [0.3, 0.4) is 0 Å². The lowest BCUT2D eigenvalue weighted by atomic mass is 10.0. The zero-order valence-corrected chi connectivity index (χ0v) is 11.3. The minimum Gasteiger partial charge on any atom is -0.485 e. The second kappa shape index (κ2) is 6.14. The number of aliphatic hydroxyl groups is 1. The molecule has 0 amide bonds. The maximum absolute atomic E-state index is 11.5. The van der Waals surface area contributed by atoms with Gasteiger partial charge in [-0.05, 0) is 31.8 Å². The van der Waals surface area contributed by atoms with Gasteiger partial charge >= 0.3 is 0 Å². The van der Waals surface area contributed by atoms with Crippen LogP contribution in [-0.2, 0) is 4.74 Å². The lowest BCUT2D eigenvalue weighted by molar-refractivity contribution is 0.0306. The Labute approximate surface area is 112 Å². The van der Waals surface area contributed by atoms with Crippen molar-refractivity contribution >= 4 is 5.78 Å². The summed E-state index contributed by atoms with van der Waals surface area (Å²) in [6, 6.07) is 5.17. The minimum atomic E-state index is -0.721.